The van der Waals surface area contributed by atoms with Gasteiger partial charge in [-0.3, -0.25) is 4.79 Å². The van der Waals surface area contributed by atoms with Crippen LogP contribution in [0.15, 0.2) is 36.9 Å². The Morgan fingerprint density at radius 1 is 1.53 bits per heavy atom. The molecule has 0 aliphatic carbocycles. The molecule has 0 spiro atoms. The fourth-order valence-electron chi connectivity index (χ4n) is 2.39. The number of hydrogen-bond donors (Lipinski definition) is 1. The average molecular weight is 232 g/mol. The molecule has 0 saturated carbocycles. The molecule has 90 valence electrons. The van der Waals surface area contributed by atoms with Crippen molar-refractivity contribution >= 4 is 5.97 Å². The van der Waals surface area contributed by atoms with Gasteiger partial charge in [0.15, 0.2) is 0 Å². The van der Waals surface area contributed by atoms with Gasteiger partial charge >= 0.3 is 5.97 Å². The van der Waals surface area contributed by atoms with Crippen LogP contribution in [0.4, 0.5) is 0 Å². The fourth-order valence-corrected chi connectivity index (χ4v) is 2.39. The standard InChI is InChI=1S/C14H16O3/c1-2-3-8-14(13(15)16)9-10-17-12-7-5-4-6-11(12)14/h2,4-7H,1,3,8-10H2,(H,15,16). The summed E-state index contributed by atoms with van der Waals surface area (Å²) in [6.45, 7) is 4.13. The Kier molecular flexibility index (Phi) is 3.18. The van der Waals surface area contributed by atoms with Crippen molar-refractivity contribution < 1.29 is 14.6 Å². The molecular formula is C14H16O3. The Morgan fingerprint density at radius 2 is 2.29 bits per heavy atom. The highest BCUT2D eigenvalue weighted by Gasteiger charge is 2.43. The first kappa shape index (κ1) is 11.7. The molecule has 1 aliphatic rings. The van der Waals surface area contributed by atoms with Gasteiger partial charge in [-0.25, -0.2) is 0 Å². The number of para-hydroxylation sites is 1. The molecule has 2 rings (SSSR count). The lowest BCUT2D eigenvalue weighted by molar-refractivity contribution is -0.145. The fraction of sp³-hybridized carbons (Fsp3) is 0.357. The first-order valence-corrected chi connectivity index (χ1v) is 5.77. The summed E-state index contributed by atoms with van der Waals surface area (Å²) in [5, 5.41) is 9.57. The van der Waals surface area contributed by atoms with Gasteiger partial charge < -0.3 is 9.84 Å². The summed E-state index contributed by atoms with van der Waals surface area (Å²) in [5.74, 6) is -0.0692. The minimum absolute atomic E-state index is 0.459. The summed E-state index contributed by atoms with van der Waals surface area (Å²) in [6, 6.07) is 7.41. The van der Waals surface area contributed by atoms with Gasteiger partial charge in [0.25, 0.3) is 0 Å². The minimum Gasteiger partial charge on any atom is -0.493 e. The molecule has 3 nitrogen and oxygen atoms in total. The third-order valence-electron chi connectivity index (χ3n) is 3.37. The van der Waals surface area contributed by atoms with Gasteiger partial charge in [0, 0.05) is 12.0 Å². The Balaban J connectivity index is 2.47. The highest BCUT2D eigenvalue weighted by atomic mass is 16.5. The van der Waals surface area contributed by atoms with Gasteiger partial charge in [-0.15, -0.1) is 6.58 Å². The maximum atomic E-state index is 11.7. The molecule has 1 heterocycles. The largest absolute Gasteiger partial charge is 0.493 e. The number of aliphatic carboxylic acids is 1. The van der Waals surface area contributed by atoms with E-state index in [1.165, 1.54) is 0 Å². The topological polar surface area (TPSA) is 46.5 Å². The molecule has 17 heavy (non-hydrogen) atoms. The predicted molar refractivity (Wildman–Crippen MR) is 65.3 cm³/mol. The lowest BCUT2D eigenvalue weighted by Gasteiger charge is -2.35. The second-order valence-corrected chi connectivity index (χ2v) is 4.31. The first-order chi connectivity index (χ1) is 8.20. The van der Waals surface area contributed by atoms with E-state index in [0.29, 0.717) is 31.6 Å². The number of carbonyl (C=O) groups is 1. The van der Waals surface area contributed by atoms with Gasteiger partial charge in [-0.05, 0) is 18.9 Å². The number of allylic oxidation sites excluding steroid dienone is 1. The third-order valence-corrected chi connectivity index (χ3v) is 3.37. The van der Waals surface area contributed by atoms with Crippen molar-refractivity contribution in [2.45, 2.75) is 24.7 Å². The molecule has 1 aromatic carbocycles. The molecule has 0 saturated heterocycles. The van der Waals surface area contributed by atoms with Crippen LogP contribution in [-0.2, 0) is 10.2 Å². The maximum Gasteiger partial charge on any atom is 0.314 e. The van der Waals surface area contributed by atoms with Crippen LogP contribution in [0.3, 0.4) is 0 Å². The number of carboxylic acids is 1. The zero-order valence-corrected chi connectivity index (χ0v) is 9.69. The van der Waals surface area contributed by atoms with Crippen molar-refractivity contribution in [3.63, 3.8) is 0 Å². The van der Waals surface area contributed by atoms with Crippen molar-refractivity contribution in [3.05, 3.63) is 42.5 Å². The van der Waals surface area contributed by atoms with E-state index in [4.69, 9.17) is 4.74 Å². The zero-order chi connectivity index (χ0) is 12.3. The number of fused-ring (bicyclic) bond motifs is 1. The first-order valence-electron chi connectivity index (χ1n) is 5.77. The zero-order valence-electron chi connectivity index (χ0n) is 9.69. The van der Waals surface area contributed by atoms with Gasteiger partial charge in [-0.2, -0.15) is 0 Å². The van der Waals surface area contributed by atoms with Gasteiger partial charge in [0.1, 0.15) is 5.75 Å². The number of carboxylic acid groups (broad SMARTS) is 1. The monoisotopic (exact) mass is 232 g/mol. The normalized spacial score (nSPS) is 22.4. The Morgan fingerprint density at radius 3 is 3.00 bits per heavy atom. The summed E-state index contributed by atoms with van der Waals surface area (Å²) in [4.78, 5) is 11.7. The van der Waals surface area contributed by atoms with Crippen LogP contribution in [0, 0.1) is 0 Å². The van der Waals surface area contributed by atoms with Crippen molar-refractivity contribution in [2.24, 2.45) is 0 Å². The van der Waals surface area contributed by atoms with E-state index >= 15 is 0 Å². The molecule has 0 amide bonds. The third kappa shape index (κ3) is 1.93. The van der Waals surface area contributed by atoms with Crippen LogP contribution in [0.1, 0.15) is 24.8 Å². The summed E-state index contributed by atoms with van der Waals surface area (Å²) in [6.07, 6.45) is 3.56. The van der Waals surface area contributed by atoms with Crippen LogP contribution in [-0.4, -0.2) is 17.7 Å². The van der Waals surface area contributed by atoms with Crippen molar-refractivity contribution in [1.29, 1.82) is 0 Å². The molecule has 3 heteroatoms. The van der Waals surface area contributed by atoms with Gasteiger partial charge in [0.2, 0.25) is 0 Å². The molecule has 1 atom stereocenters. The van der Waals surface area contributed by atoms with Gasteiger partial charge in [0.05, 0.1) is 12.0 Å². The van der Waals surface area contributed by atoms with Crippen LogP contribution >= 0.6 is 0 Å². The molecule has 1 aromatic rings. The summed E-state index contributed by atoms with van der Waals surface area (Å²) in [7, 11) is 0. The number of ether oxygens (including phenoxy) is 1. The van der Waals surface area contributed by atoms with Crippen LogP contribution in [0.2, 0.25) is 0 Å². The average Bonchev–Trinajstić information content (AvgIpc) is 2.36. The molecule has 0 fully saturated rings. The molecule has 0 bridgehead atoms. The molecular weight excluding hydrogens is 216 g/mol. The minimum atomic E-state index is -0.816. The van der Waals surface area contributed by atoms with Crippen LogP contribution in [0.25, 0.3) is 0 Å². The van der Waals surface area contributed by atoms with E-state index < -0.39 is 11.4 Å². The Bertz CT molecular complexity index is 439. The summed E-state index contributed by atoms with van der Waals surface area (Å²) >= 11 is 0. The van der Waals surface area contributed by atoms with E-state index in [1.807, 2.05) is 24.3 Å². The second-order valence-electron chi connectivity index (χ2n) is 4.31. The van der Waals surface area contributed by atoms with E-state index in [-0.39, 0.29) is 0 Å². The van der Waals surface area contributed by atoms with E-state index in [2.05, 4.69) is 6.58 Å². The van der Waals surface area contributed by atoms with E-state index in [1.54, 1.807) is 6.08 Å². The summed E-state index contributed by atoms with van der Waals surface area (Å²) in [5.41, 5.74) is -0.0242. The molecule has 1 N–H and O–H groups in total. The summed E-state index contributed by atoms with van der Waals surface area (Å²) < 4.78 is 5.52. The number of rotatable bonds is 4. The van der Waals surface area contributed by atoms with Crippen LogP contribution < -0.4 is 4.74 Å². The maximum absolute atomic E-state index is 11.7. The second kappa shape index (κ2) is 4.62. The number of benzene rings is 1. The molecule has 1 aliphatic heterocycles. The molecule has 0 aromatic heterocycles. The van der Waals surface area contributed by atoms with Crippen molar-refractivity contribution in [2.75, 3.05) is 6.61 Å². The smallest absolute Gasteiger partial charge is 0.314 e. The Hall–Kier alpha value is -1.77. The Labute approximate surface area is 101 Å². The highest BCUT2D eigenvalue weighted by Crippen LogP contribution is 2.42. The lowest BCUT2D eigenvalue weighted by atomic mass is 9.73. The van der Waals surface area contributed by atoms with Crippen LogP contribution in [0.5, 0.6) is 5.75 Å². The highest BCUT2D eigenvalue weighted by molar-refractivity contribution is 5.83. The predicted octanol–water partition coefficient (Wildman–Crippen LogP) is 2.76. The lowest BCUT2D eigenvalue weighted by Crippen LogP contribution is -2.40. The number of hydrogen-bond acceptors (Lipinski definition) is 2. The van der Waals surface area contributed by atoms with Crippen molar-refractivity contribution in [1.82, 2.24) is 0 Å². The van der Waals surface area contributed by atoms with E-state index in [0.717, 1.165) is 5.56 Å². The van der Waals surface area contributed by atoms with Crippen molar-refractivity contribution in [3.8, 4) is 5.75 Å². The van der Waals surface area contributed by atoms with Gasteiger partial charge in [-0.1, -0.05) is 24.3 Å². The van der Waals surface area contributed by atoms with E-state index in [9.17, 15) is 9.90 Å². The molecule has 1 unspecified atom stereocenters. The molecule has 0 radical (unpaired) electrons. The SMILES string of the molecule is C=CCCC1(C(=O)O)CCOc2ccccc21. The quantitative estimate of drug-likeness (QED) is 0.812.